The van der Waals surface area contributed by atoms with E-state index in [2.05, 4.69) is 15.6 Å². The van der Waals surface area contributed by atoms with E-state index in [4.69, 9.17) is 17.2 Å². The number of hydrogen-bond donors (Lipinski definition) is 6. The summed E-state index contributed by atoms with van der Waals surface area (Å²) in [5.74, 6) is -2.33. The highest BCUT2D eigenvalue weighted by molar-refractivity contribution is 5.92. The quantitative estimate of drug-likeness (QED) is 0.135. The van der Waals surface area contributed by atoms with Crippen molar-refractivity contribution in [1.82, 2.24) is 10.6 Å². The summed E-state index contributed by atoms with van der Waals surface area (Å²) in [6, 6.07) is 15.1. The molecule has 182 valence electrons. The summed E-state index contributed by atoms with van der Waals surface area (Å²) in [6.45, 7) is 0.330. The maximum Gasteiger partial charge on any atom is 0.326 e. The van der Waals surface area contributed by atoms with Crippen molar-refractivity contribution >= 4 is 23.7 Å². The molecule has 34 heavy (non-hydrogen) atoms. The van der Waals surface area contributed by atoms with Crippen LogP contribution in [0.2, 0.25) is 0 Å². The van der Waals surface area contributed by atoms with Gasteiger partial charge in [0.1, 0.15) is 12.1 Å². The van der Waals surface area contributed by atoms with Gasteiger partial charge in [-0.05, 0) is 24.0 Å². The van der Waals surface area contributed by atoms with E-state index in [9.17, 15) is 19.5 Å². The van der Waals surface area contributed by atoms with E-state index in [0.717, 1.165) is 11.1 Å². The molecule has 0 bridgehead atoms. The smallest absolute Gasteiger partial charge is 0.326 e. The van der Waals surface area contributed by atoms with E-state index in [1.54, 1.807) is 24.3 Å². The zero-order valence-corrected chi connectivity index (χ0v) is 18.9. The summed E-state index contributed by atoms with van der Waals surface area (Å²) in [4.78, 5) is 41.4. The van der Waals surface area contributed by atoms with Crippen LogP contribution in [-0.2, 0) is 27.2 Å². The zero-order valence-electron chi connectivity index (χ0n) is 18.9. The number of nitrogens with one attached hydrogen (secondary N) is 2. The molecular weight excluding hydrogens is 436 g/mol. The highest BCUT2D eigenvalue weighted by atomic mass is 16.4. The van der Waals surface area contributed by atoms with Gasteiger partial charge in [-0.3, -0.25) is 14.6 Å². The molecule has 10 nitrogen and oxygen atoms in total. The van der Waals surface area contributed by atoms with E-state index >= 15 is 0 Å². The molecule has 10 heteroatoms. The predicted molar refractivity (Wildman–Crippen MR) is 130 cm³/mol. The first kappa shape index (κ1) is 26.3. The average molecular weight is 469 g/mol. The van der Waals surface area contributed by atoms with Crippen molar-refractivity contribution in [2.24, 2.45) is 22.2 Å². The lowest BCUT2D eigenvalue weighted by molar-refractivity contribution is -0.142. The molecule has 0 saturated carbocycles. The van der Waals surface area contributed by atoms with Crippen molar-refractivity contribution in [2.75, 3.05) is 6.54 Å². The number of carbonyl (C=O) groups excluding carboxylic acids is 2. The van der Waals surface area contributed by atoms with E-state index < -0.39 is 35.9 Å². The number of hydrogen-bond acceptors (Lipinski definition) is 5. The molecule has 0 radical (unpaired) electrons. The van der Waals surface area contributed by atoms with Gasteiger partial charge in [-0.15, -0.1) is 0 Å². The van der Waals surface area contributed by atoms with Crippen molar-refractivity contribution < 1.29 is 19.5 Å². The van der Waals surface area contributed by atoms with E-state index in [-0.39, 0.29) is 18.8 Å². The number of benzene rings is 2. The van der Waals surface area contributed by atoms with Crippen LogP contribution in [0.1, 0.15) is 24.0 Å². The molecule has 0 saturated heterocycles. The minimum absolute atomic E-state index is 0.0406. The molecule has 0 unspecified atom stereocenters. The van der Waals surface area contributed by atoms with Crippen molar-refractivity contribution in [2.45, 2.75) is 43.8 Å². The van der Waals surface area contributed by atoms with Gasteiger partial charge >= 0.3 is 5.97 Å². The number of nitrogens with zero attached hydrogens (tertiary/aromatic N) is 1. The first-order chi connectivity index (χ1) is 16.3. The summed E-state index contributed by atoms with van der Waals surface area (Å²) in [7, 11) is 0. The molecule has 2 aromatic rings. The standard InChI is InChI=1S/C24H32N6O4/c25-18(12-7-13-28-24(26)27)21(31)29-19(14-16-8-3-1-4-9-16)22(32)30-20(23(33)34)15-17-10-5-2-6-11-17/h1-6,8-11,18-20H,7,12-15,25H2,(H,29,31)(H,30,32)(H,33,34)(H4,26,27,28)/t18-,19-,20-/m0/s1. The van der Waals surface area contributed by atoms with Crippen LogP contribution < -0.4 is 27.8 Å². The second kappa shape index (κ2) is 13.6. The molecule has 0 aromatic heterocycles. The van der Waals surface area contributed by atoms with Gasteiger partial charge in [-0.25, -0.2) is 4.79 Å². The van der Waals surface area contributed by atoms with Gasteiger partial charge in [0.25, 0.3) is 0 Å². The van der Waals surface area contributed by atoms with Gasteiger partial charge in [-0.1, -0.05) is 60.7 Å². The fraction of sp³-hybridized carbons (Fsp3) is 0.333. The Labute approximate surface area is 198 Å². The Bertz CT molecular complexity index is 964. The summed E-state index contributed by atoms with van der Waals surface area (Å²) in [5.41, 5.74) is 18.1. The third-order valence-electron chi connectivity index (χ3n) is 5.12. The van der Waals surface area contributed by atoms with Crippen LogP contribution in [0.25, 0.3) is 0 Å². The SMILES string of the molecule is NC(N)=NCCC[C@H](N)C(=O)N[C@@H](Cc1ccccc1)C(=O)N[C@@H](Cc1ccccc1)C(=O)O. The van der Waals surface area contributed by atoms with E-state index in [1.807, 2.05) is 36.4 Å². The third-order valence-corrected chi connectivity index (χ3v) is 5.12. The highest BCUT2D eigenvalue weighted by Crippen LogP contribution is 2.08. The topological polar surface area (TPSA) is 186 Å². The molecule has 0 spiro atoms. The van der Waals surface area contributed by atoms with Crippen LogP contribution in [0.5, 0.6) is 0 Å². The number of rotatable bonds is 13. The largest absolute Gasteiger partial charge is 0.480 e. The molecule has 2 amide bonds. The Morgan fingerprint density at radius 1 is 0.824 bits per heavy atom. The molecule has 0 fully saturated rings. The number of carboxylic acid groups (broad SMARTS) is 1. The van der Waals surface area contributed by atoms with Crippen molar-refractivity contribution in [3.05, 3.63) is 71.8 Å². The van der Waals surface area contributed by atoms with Crippen molar-refractivity contribution in [1.29, 1.82) is 0 Å². The van der Waals surface area contributed by atoms with E-state index in [0.29, 0.717) is 19.4 Å². The summed E-state index contributed by atoms with van der Waals surface area (Å²) in [6.07, 6.45) is 1.09. The first-order valence-electron chi connectivity index (χ1n) is 11.0. The second-order valence-corrected chi connectivity index (χ2v) is 7.90. The Morgan fingerprint density at radius 3 is 1.82 bits per heavy atom. The normalized spacial score (nSPS) is 13.2. The monoisotopic (exact) mass is 468 g/mol. The number of carbonyl (C=O) groups is 3. The van der Waals surface area contributed by atoms with Crippen molar-refractivity contribution in [3.8, 4) is 0 Å². The molecule has 0 heterocycles. The van der Waals surface area contributed by atoms with Gasteiger partial charge < -0.3 is 32.9 Å². The van der Waals surface area contributed by atoms with Gasteiger partial charge in [-0.2, -0.15) is 0 Å². The first-order valence-corrected chi connectivity index (χ1v) is 11.0. The minimum Gasteiger partial charge on any atom is -0.480 e. The molecule has 9 N–H and O–H groups in total. The number of aliphatic carboxylic acids is 1. The molecular formula is C24H32N6O4. The number of amides is 2. The minimum atomic E-state index is -1.17. The molecule has 2 rings (SSSR count). The summed E-state index contributed by atoms with van der Waals surface area (Å²) >= 11 is 0. The maximum absolute atomic E-state index is 13.1. The average Bonchev–Trinajstić information content (AvgIpc) is 2.81. The second-order valence-electron chi connectivity index (χ2n) is 7.90. The Balaban J connectivity index is 2.08. The Hall–Kier alpha value is -3.92. The fourth-order valence-electron chi connectivity index (χ4n) is 3.31. The zero-order chi connectivity index (χ0) is 24.9. The van der Waals surface area contributed by atoms with Crippen molar-refractivity contribution in [3.63, 3.8) is 0 Å². The summed E-state index contributed by atoms with van der Waals surface area (Å²) < 4.78 is 0. The van der Waals surface area contributed by atoms with Crippen LogP contribution in [0.4, 0.5) is 0 Å². The molecule has 2 aromatic carbocycles. The van der Waals surface area contributed by atoms with Crippen LogP contribution in [0.15, 0.2) is 65.7 Å². The molecule has 3 atom stereocenters. The highest BCUT2D eigenvalue weighted by Gasteiger charge is 2.28. The van der Waals surface area contributed by atoms with Crippen LogP contribution in [0, 0.1) is 0 Å². The van der Waals surface area contributed by atoms with Gasteiger partial charge in [0.2, 0.25) is 11.8 Å². The number of nitrogens with two attached hydrogens (primary N) is 3. The number of carboxylic acids is 1. The third kappa shape index (κ3) is 9.29. The van der Waals surface area contributed by atoms with Crippen LogP contribution in [0.3, 0.4) is 0 Å². The Kier molecular flexibility index (Phi) is 10.5. The summed E-state index contributed by atoms with van der Waals surface area (Å²) in [5, 5.41) is 14.9. The van der Waals surface area contributed by atoms with Gasteiger partial charge in [0.15, 0.2) is 5.96 Å². The van der Waals surface area contributed by atoms with Gasteiger partial charge in [0, 0.05) is 19.4 Å². The lowest BCUT2D eigenvalue weighted by Crippen LogP contribution is -2.55. The van der Waals surface area contributed by atoms with Gasteiger partial charge in [0.05, 0.1) is 6.04 Å². The number of guanidine groups is 1. The lowest BCUT2D eigenvalue weighted by Gasteiger charge is -2.23. The predicted octanol–water partition coefficient (Wildman–Crippen LogP) is -0.0931. The molecule has 0 aliphatic rings. The number of aliphatic imine (C=N–C) groups is 1. The van der Waals surface area contributed by atoms with E-state index in [1.165, 1.54) is 0 Å². The Morgan fingerprint density at radius 2 is 1.32 bits per heavy atom. The van der Waals surface area contributed by atoms with Crippen LogP contribution >= 0.6 is 0 Å². The fourth-order valence-corrected chi connectivity index (χ4v) is 3.31. The molecule has 0 aliphatic heterocycles. The maximum atomic E-state index is 13.1. The van der Waals surface area contributed by atoms with Crippen LogP contribution in [-0.4, -0.2) is 53.5 Å². The lowest BCUT2D eigenvalue weighted by atomic mass is 10.0. The molecule has 0 aliphatic carbocycles.